The van der Waals surface area contributed by atoms with Crippen molar-refractivity contribution in [2.24, 2.45) is 0 Å². The fraction of sp³-hybridized carbons (Fsp3) is 0.167. The van der Waals surface area contributed by atoms with Gasteiger partial charge in [0.15, 0.2) is 0 Å². The summed E-state index contributed by atoms with van der Waals surface area (Å²) in [6.45, 7) is 4.03. The number of ether oxygens (including phenoxy) is 1. The van der Waals surface area contributed by atoms with Gasteiger partial charge in [0.05, 0.1) is 22.3 Å². The van der Waals surface area contributed by atoms with Crippen LogP contribution >= 0.6 is 23.2 Å². The Labute approximate surface area is 190 Å². The van der Waals surface area contributed by atoms with Crippen molar-refractivity contribution < 1.29 is 19.4 Å². The first-order valence-electron chi connectivity index (χ1n) is 9.61. The number of carboxylic acid groups (broad SMARTS) is 1. The molecule has 0 fully saturated rings. The van der Waals surface area contributed by atoms with E-state index in [1.165, 1.54) is 6.07 Å². The highest BCUT2D eigenvalue weighted by atomic mass is 35.5. The highest BCUT2D eigenvalue weighted by Gasteiger charge is 2.14. The number of halogens is 2. The van der Waals surface area contributed by atoms with Gasteiger partial charge in [-0.15, -0.1) is 0 Å². The van der Waals surface area contributed by atoms with Gasteiger partial charge in [-0.25, -0.2) is 4.79 Å². The zero-order chi connectivity index (χ0) is 22.5. The first-order valence-corrected chi connectivity index (χ1v) is 10.4. The number of hydrogen-bond donors (Lipinski definition) is 2. The zero-order valence-electron chi connectivity index (χ0n) is 17.0. The minimum atomic E-state index is -0.992. The van der Waals surface area contributed by atoms with E-state index in [1.807, 2.05) is 38.1 Å². The largest absolute Gasteiger partial charge is 0.491 e. The number of aromatic carboxylic acids is 1. The average molecular weight is 458 g/mol. The lowest BCUT2D eigenvalue weighted by atomic mass is 10.00. The maximum absolute atomic E-state index is 12.6. The lowest BCUT2D eigenvalue weighted by molar-refractivity contribution is 0.0696. The quantitative estimate of drug-likeness (QED) is 0.450. The predicted octanol–water partition coefficient (Wildman–Crippen LogP) is 6.08. The van der Waals surface area contributed by atoms with Crippen molar-refractivity contribution in [2.45, 2.75) is 26.5 Å². The second kappa shape index (κ2) is 9.86. The molecule has 160 valence electrons. The summed E-state index contributed by atoms with van der Waals surface area (Å²) in [6, 6.07) is 16.9. The summed E-state index contributed by atoms with van der Waals surface area (Å²) in [5, 5.41) is 12.8. The number of nitrogens with one attached hydrogen (secondary N) is 1. The van der Waals surface area contributed by atoms with E-state index in [4.69, 9.17) is 27.9 Å². The molecule has 0 atom stereocenters. The molecule has 2 N–H and O–H groups in total. The number of benzene rings is 3. The van der Waals surface area contributed by atoms with E-state index in [2.05, 4.69) is 5.32 Å². The van der Waals surface area contributed by atoms with Gasteiger partial charge in [0, 0.05) is 17.1 Å². The maximum atomic E-state index is 12.6. The highest BCUT2D eigenvalue weighted by molar-refractivity contribution is 6.36. The molecule has 0 saturated carbocycles. The monoisotopic (exact) mass is 457 g/mol. The molecule has 3 aromatic carbocycles. The van der Waals surface area contributed by atoms with Crippen LogP contribution in [0.2, 0.25) is 10.0 Å². The van der Waals surface area contributed by atoms with E-state index in [-0.39, 0.29) is 29.1 Å². The first-order chi connectivity index (χ1) is 14.7. The first kappa shape index (κ1) is 22.7. The van der Waals surface area contributed by atoms with Crippen LogP contribution in [0.4, 0.5) is 0 Å². The number of carboxylic acids is 1. The van der Waals surface area contributed by atoms with Gasteiger partial charge in [0.1, 0.15) is 5.75 Å². The predicted molar refractivity (Wildman–Crippen MR) is 122 cm³/mol. The van der Waals surface area contributed by atoms with Crippen LogP contribution in [0, 0.1) is 0 Å². The Hall–Kier alpha value is -3.02. The Morgan fingerprint density at radius 2 is 1.74 bits per heavy atom. The van der Waals surface area contributed by atoms with E-state index in [0.29, 0.717) is 16.3 Å². The van der Waals surface area contributed by atoms with Crippen LogP contribution in [-0.2, 0) is 6.54 Å². The molecule has 0 unspecified atom stereocenters. The van der Waals surface area contributed by atoms with Crippen LogP contribution in [-0.4, -0.2) is 23.1 Å². The molecule has 0 bridgehead atoms. The van der Waals surface area contributed by atoms with Gasteiger partial charge in [-0.2, -0.15) is 0 Å². The molecule has 3 aromatic rings. The molecule has 0 aliphatic rings. The smallest absolute Gasteiger partial charge is 0.335 e. The summed E-state index contributed by atoms with van der Waals surface area (Å²) in [6.07, 6.45) is -0.0543. The lowest BCUT2D eigenvalue weighted by Crippen LogP contribution is -2.23. The van der Waals surface area contributed by atoms with Gasteiger partial charge in [-0.3, -0.25) is 4.79 Å². The van der Waals surface area contributed by atoms with Gasteiger partial charge in [-0.05, 0) is 67.4 Å². The Morgan fingerprint density at radius 3 is 2.42 bits per heavy atom. The molecule has 5 nitrogen and oxygen atoms in total. The van der Waals surface area contributed by atoms with Crippen molar-refractivity contribution in [3.05, 3.63) is 87.4 Å². The summed E-state index contributed by atoms with van der Waals surface area (Å²) in [7, 11) is 0. The molecule has 0 aromatic heterocycles. The minimum absolute atomic E-state index is 0.0543. The van der Waals surface area contributed by atoms with Crippen LogP contribution in [0.25, 0.3) is 11.1 Å². The summed E-state index contributed by atoms with van der Waals surface area (Å²) < 4.78 is 5.89. The van der Waals surface area contributed by atoms with Crippen molar-refractivity contribution in [1.29, 1.82) is 0 Å². The van der Waals surface area contributed by atoms with Crippen LogP contribution < -0.4 is 10.1 Å². The number of amides is 1. The highest BCUT2D eigenvalue weighted by Crippen LogP contribution is 2.29. The van der Waals surface area contributed by atoms with E-state index in [0.717, 1.165) is 16.7 Å². The van der Waals surface area contributed by atoms with Gasteiger partial charge in [0.2, 0.25) is 0 Å². The number of rotatable bonds is 7. The van der Waals surface area contributed by atoms with E-state index in [9.17, 15) is 14.7 Å². The Balaban J connectivity index is 1.89. The molecule has 0 aliphatic heterocycles. The molecule has 0 spiro atoms. The van der Waals surface area contributed by atoms with Gasteiger partial charge >= 0.3 is 5.97 Å². The number of hydrogen-bond acceptors (Lipinski definition) is 3. The molecule has 0 radical (unpaired) electrons. The fourth-order valence-electron chi connectivity index (χ4n) is 3.04. The molecule has 31 heavy (non-hydrogen) atoms. The van der Waals surface area contributed by atoms with E-state index in [1.54, 1.807) is 30.3 Å². The molecular weight excluding hydrogens is 437 g/mol. The van der Waals surface area contributed by atoms with Gasteiger partial charge in [-0.1, -0.05) is 41.4 Å². The minimum Gasteiger partial charge on any atom is -0.491 e. The van der Waals surface area contributed by atoms with Crippen molar-refractivity contribution in [2.75, 3.05) is 0 Å². The molecule has 7 heteroatoms. The summed E-state index contributed by atoms with van der Waals surface area (Å²) >= 11 is 12.0. The van der Waals surface area contributed by atoms with Crippen molar-refractivity contribution in [3.63, 3.8) is 0 Å². The number of carbonyl (C=O) groups is 2. The Kier molecular flexibility index (Phi) is 7.21. The van der Waals surface area contributed by atoms with E-state index < -0.39 is 5.97 Å². The van der Waals surface area contributed by atoms with Crippen LogP contribution in [0.3, 0.4) is 0 Å². The third-order valence-corrected chi connectivity index (χ3v) is 5.03. The van der Waals surface area contributed by atoms with Crippen LogP contribution in [0.1, 0.15) is 40.1 Å². The van der Waals surface area contributed by atoms with Gasteiger partial charge in [0.25, 0.3) is 5.91 Å². The van der Waals surface area contributed by atoms with Crippen molar-refractivity contribution >= 4 is 35.1 Å². The lowest BCUT2D eigenvalue weighted by Gasteiger charge is -2.17. The zero-order valence-corrected chi connectivity index (χ0v) is 18.5. The third kappa shape index (κ3) is 5.78. The third-order valence-electron chi connectivity index (χ3n) is 4.48. The Morgan fingerprint density at radius 1 is 1.00 bits per heavy atom. The van der Waals surface area contributed by atoms with Crippen LogP contribution in [0.15, 0.2) is 60.7 Å². The summed E-state index contributed by atoms with van der Waals surface area (Å²) in [4.78, 5) is 23.9. The SMILES string of the molecule is CC(C)Oc1ccc(-c2cccc(C(=O)O)c2)cc1CNC(=O)c1ccc(Cl)cc1Cl. The second-order valence-electron chi connectivity index (χ2n) is 7.18. The molecule has 0 heterocycles. The molecule has 0 aliphatic carbocycles. The summed E-state index contributed by atoms with van der Waals surface area (Å²) in [5.74, 6) is -0.694. The van der Waals surface area contributed by atoms with E-state index >= 15 is 0 Å². The maximum Gasteiger partial charge on any atom is 0.335 e. The second-order valence-corrected chi connectivity index (χ2v) is 8.03. The molecular formula is C24H21Cl2NO4. The van der Waals surface area contributed by atoms with Gasteiger partial charge < -0.3 is 15.2 Å². The van der Waals surface area contributed by atoms with Crippen molar-refractivity contribution in [1.82, 2.24) is 5.32 Å². The molecule has 0 saturated heterocycles. The topological polar surface area (TPSA) is 75.6 Å². The number of carbonyl (C=O) groups excluding carboxylic acids is 1. The van der Waals surface area contributed by atoms with Crippen LogP contribution in [0.5, 0.6) is 5.75 Å². The standard InChI is InChI=1S/C24H21Cl2NO4/c1-14(2)31-22-9-6-16(15-4-3-5-17(10-15)24(29)30)11-18(22)13-27-23(28)20-8-7-19(25)12-21(20)26/h3-12,14H,13H2,1-2H3,(H,27,28)(H,29,30). The normalized spacial score (nSPS) is 10.7. The fourth-order valence-corrected chi connectivity index (χ4v) is 3.54. The summed E-state index contributed by atoms with van der Waals surface area (Å²) in [5.41, 5.74) is 2.85. The van der Waals surface area contributed by atoms with Crippen molar-refractivity contribution in [3.8, 4) is 16.9 Å². The molecule has 3 rings (SSSR count). The average Bonchev–Trinajstić information content (AvgIpc) is 2.72. The molecule has 1 amide bonds. The Bertz CT molecular complexity index is 1130.